The van der Waals surface area contributed by atoms with Gasteiger partial charge in [0.05, 0.1) is 28.0 Å². The largest absolute Gasteiger partial charge is 0.322 e. The van der Waals surface area contributed by atoms with E-state index >= 15 is 0 Å². The van der Waals surface area contributed by atoms with Gasteiger partial charge in [-0.3, -0.25) is 4.79 Å². The number of rotatable bonds is 7. The van der Waals surface area contributed by atoms with E-state index in [2.05, 4.69) is 10.4 Å². The minimum Gasteiger partial charge on any atom is -0.322 e. The van der Waals surface area contributed by atoms with E-state index in [1.165, 1.54) is 22.6 Å². The van der Waals surface area contributed by atoms with Crippen LogP contribution in [0.15, 0.2) is 59.6 Å². The maximum absolute atomic E-state index is 12.9. The molecule has 0 aliphatic heterocycles. The van der Waals surface area contributed by atoms with Crippen molar-refractivity contribution < 1.29 is 13.2 Å². The third kappa shape index (κ3) is 4.81. The monoisotopic (exact) mass is 460 g/mol. The Balaban J connectivity index is 1.83. The van der Waals surface area contributed by atoms with Gasteiger partial charge in [-0.15, -0.1) is 0 Å². The Bertz CT molecular complexity index is 1190. The summed E-state index contributed by atoms with van der Waals surface area (Å²) in [4.78, 5) is 13.0. The van der Waals surface area contributed by atoms with E-state index in [1.807, 2.05) is 19.1 Å². The first-order valence-corrected chi connectivity index (χ1v) is 11.7. The summed E-state index contributed by atoms with van der Waals surface area (Å²) in [7, 11) is -2.04. The van der Waals surface area contributed by atoms with Gasteiger partial charge in [-0.1, -0.05) is 24.6 Å². The van der Waals surface area contributed by atoms with Crippen LogP contribution in [-0.4, -0.2) is 41.5 Å². The second-order valence-electron chi connectivity index (χ2n) is 7.34. The summed E-state index contributed by atoms with van der Waals surface area (Å²) in [6.45, 7) is 5.56. The summed E-state index contributed by atoms with van der Waals surface area (Å²) < 4.78 is 28.2. The van der Waals surface area contributed by atoms with Crippen molar-refractivity contribution >= 4 is 33.2 Å². The first kappa shape index (κ1) is 23.0. The lowest BCUT2D eigenvalue weighted by Gasteiger charge is -2.21. The second-order valence-corrected chi connectivity index (χ2v) is 9.78. The normalized spacial score (nSPS) is 11.8. The van der Waals surface area contributed by atoms with E-state index in [0.29, 0.717) is 22.7 Å². The molecule has 1 aromatic heterocycles. The number of nitrogens with one attached hydrogen (secondary N) is 1. The Labute approximate surface area is 187 Å². The molecule has 0 aliphatic rings. The Morgan fingerprint density at radius 2 is 1.87 bits per heavy atom. The van der Waals surface area contributed by atoms with Gasteiger partial charge < -0.3 is 5.32 Å². The number of hydrogen-bond donors (Lipinski definition) is 1. The lowest BCUT2D eigenvalue weighted by atomic mass is 10.2. The van der Waals surface area contributed by atoms with Crippen LogP contribution in [0.25, 0.3) is 5.69 Å². The topological polar surface area (TPSA) is 84.3 Å². The second kappa shape index (κ2) is 9.21. The smallest absolute Gasteiger partial charge is 0.259 e. The SMILES string of the molecule is CCc1c(C(=O)Nc2ccc(S(=O)(=O)N(C)C(C)C)cc2)cnn1-c1cccc(Cl)c1. The Kier molecular flexibility index (Phi) is 6.83. The van der Waals surface area contributed by atoms with Crippen LogP contribution in [0.1, 0.15) is 36.8 Å². The van der Waals surface area contributed by atoms with Crippen LogP contribution in [0.5, 0.6) is 0 Å². The maximum atomic E-state index is 12.9. The molecule has 0 saturated heterocycles. The van der Waals surface area contributed by atoms with Crippen molar-refractivity contribution in [2.24, 2.45) is 0 Å². The van der Waals surface area contributed by atoms with E-state index in [4.69, 9.17) is 11.6 Å². The zero-order valence-corrected chi connectivity index (χ0v) is 19.4. The molecule has 9 heteroatoms. The molecule has 1 N–H and O–H groups in total. The summed E-state index contributed by atoms with van der Waals surface area (Å²) >= 11 is 6.08. The van der Waals surface area contributed by atoms with Crippen LogP contribution >= 0.6 is 11.6 Å². The molecular weight excluding hydrogens is 436 g/mol. The molecule has 0 bridgehead atoms. The first-order valence-electron chi connectivity index (χ1n) is 9.87. The van der Waals surface area contributed by atoms with E-state index < -0.39 is 10.0 Å². The molecule has 0 radical (unpaired) electrons. The molecule has 0 unspecified atom stereocenters. The highest BCUT2D eigenvalue weighted by atomic mass is 35.5. The van der Waals surface area contributed by atoms with Gasteiger partial charge in [0, 0.05) is 23.8 Å². The van der Waals surface area contributed by atoms with Crippen molar-refractivity contribution in [2.75, 3.05) is 12.4 Å². The number of sulfonamides is 1. The van der Waals surface area contributed by atoms with Gasteiger partial charge in [-0.05, 0) is 62.7 Å². The fourth-order valence-electron chi connectivity index (χ4n) is 3.09. The third-order valence-corrected chi connectivity index (χ3v) is 7.30. The number of carbonyl (C=O) groups excluding carboxylic acids is 1. The number of hydrogen-bond acceptors (Lipinski definition) is 4. The number of anilines is 1. The number of carbonyl (C=O) groups is 1. The zero-order valence-electron chi connectivity index (χ0n) is 17.8. The van der Waals surface area contributed by atoms with Crippen molar-refractivity contribution in [1.29, 1.82) is 0 Å². The number of nitrogens with zero attached hydrogens (tertiary/aromatic N) is 3. The lowest BCUT2D eigenvalue weighted by molar-refractivity contribution is 0.102. The molecule has 0 aliphatic carbocycles. The molecular formula is C22H25ClN4O3S. The number of benzene rings is 2. The molecule has 2 aromatic carbocycles. The highest BCUT2D eigenvalue weighted by molar-refractivity contribution is 7.89. The summed E-state index contributed by atoms with van der Waals surface area (Å²) in [6.07, 6.45) is 2.11. The summed E-state index contributed by atoms with van der Waals surface area (Å²) in [5, 5.41) is 7.75. The molecule has 0 saturated carbocycles. The molecule has 31 heavy (non-hydrogen) atoms. The van der Waals surface area contributed by atoms with Gasteiger partial charge in [0.1, 0.15) is 0 Å². The molecule has 0 spiro atoms. The molecule has 3 rings (SSSR count). The summed E-state index contributed by atoms with van der Waals surface area (Å²) in [6, 6.07) is 13.2. The number of amides is 1. The maximum Gasteiger partial charge on any atom is 0.259 e. The molecule has 1 heterocycles. The van der Waals surface area contributed by atoms with E-state index in [0.717, 1.165) is 11.4 Å². The zero-order chi connectivity index (χ0) is 22.8. The number of aromatic nitrogens is 2. The summed E-state index contributed by atoms with van der Waals surface area (Å²) in [5.41, 5.74) is 2.46. The Morgan fingerprint density at radius 3 is 2.45 bits per heavy atom. The highest BCUT2D eigenvalue weighted by Crippen LogP contribution is 2.22. The average Bonchev–Trinajstić information content (AvgIpc) is 3.17. The third-order valence-electron chi connectivity index (χ3n) is 5.02. The predicted octanol–water partition coefficient (Wildman–Crippen LogP) is 4.37. The Morgan fingerprint density at radius 1 is 1.19 bits per heavy atom. The van der Waals surface area contributed by atoms with Gasteiger partial charge >= 0.3 is 0 Å². The highest BCUT2D eigenvalue weighted by Gasteiger charge is 2.23. The van der Waals surface area contributed by atoms with Crippen LogP contribution < -0.4 is 5.32 Å². The van der Waals surface area contributed by atoms with Crippen molar-refractivity contribution in [3.05, 3.63) is 71.0 Å². The van der Waals surface area contributed by atoms with Gasteiger partial charge in [0.15, 0.2) is 0 Å². The minimum atomic E-state index is -3.58. The van der Waals surface area contributed by atoms with Gasteiger partial charge in [0.2, 0.25) is 10.0 Å². The van der Waals surface area contributed by atoms with Crippen LogP contribution in [0.4, 0.5) is 5.69 Å². The quantitative estimate of drug-likeness (QED) is 0.567. The van der Waals surface area contributed by atoms with E-state index in [1.54, 1.807) is 49.8 Å². The lowest BCUT2D eigenvalue weighted by Crippen LogP contribution is -2.33. The predicted molar refractivity (Wildman–Crippen MR) is 122 cm³/mol. The minimum absolute atomic E-state index is 0.159. The van der Waals surface area contributed by atoms with Crippen LogP contribution in [0, 0.1) is 0 Å². The van der Waals surface area contributed by atoms with Crippen molar-refractivity contribution in [3.8, 4) is 5.69 Å². The van der Waals surface area contributed by atoms with Crippen molar-refractivity contribution in [2.45, 2.75) is 38.1 Å². The fraction of sp³-hybridized carbons (Fsp3) is 0.273. The molecule has 164 valence electrons. The standard InChI is InChI=1S/C22H25ClN4O3S/c1-5-21-20(14-24-27(21)18-8-6-7-16(23)13-18)22(28)25-17-9-11-19(12-10-17)31(29,30)26(4)15(2)3/h6-15H,5H2,1-4H3,(H,25,28). The molecule has 0 fully saturated rings. The molecule has 1 amide bonds. The summed E-state index contributed by atoms with van der Waals surface area (Å²) in [5.74, 6) is -0.319. The van der Waals surface area contributed by atoms with Crippen molar-refractivity contribution in [3.63, 3.8) is 0 Å². The van der Waals surface area contributed by atoms with Crippen LogP contribution in [-0.2, 0) is 16.4 Å². The fourth-order valence-corrected chi connectivity index (χ4v) is 4.64. The van der Waals surface area contributed by atoms with Gasteiger partial charge in [0.25, 0.3) is 5.91 Å². The molecule has 0 atom stereocenters. The van der Waals surface area contributed by atoms with Crippen LogP contribution in [0.2, 0.25) is 5.02 Å². The van der Waals surface area contributed by atoms with Gasteiger partial charge in [-0.2, -0.15) is 9.40 Å². The van der Waals surface area contributed by atoms with E-state index in [-0.39, 0.29) is 16.8 Å². The average molecular weight is 461 g/mol. The van der Waals surface area contributed by atoms with Crippen molar-refractivity contribution in [1.82, 2.24) is 14.1 Å². The number of halogens is 1. The Hall–Kier alpha value is -2.68. The van der Waals surface area contributed by atoms with Crippen LogP contribution in [0.3, 0.4) is 0 Å². The van der Waals surface area contributed by atoms with E-state index in [9.17, 15) is 13.2 Å². The van der Waals surface area contributed by atoms with Gasteiger partial charge in [-0.25, -0.2) is 13.1 Å². The molecule has 7 nitrogen and oxygen atoms in total. The molecule has 3 aromatic rings. The first-order chi connectivity index (χ1) is 14.6.